The van der Waals surface area contributed by atoms with Crippen LogP contribution < -0.4 is 10.9 Å². The van der Waals surface area contributed by atoms with Crippen molar-refractivity contribution in [3.63, 3.8) is 0 Å². The van der Waals surface area contributed by atoms with Gasteiger partial charge in [0.2, 0.25) is 0 Å². The SMILES string of the molecule is CCCCC1CN(C(=O)NC)Cc2c1nc(-c1ccc(Cl)cc1)[nH]c2=O. The van der Waals surface area contributed by atoms with E-state index < -0.39 is 0 Å². The molecule has 0 aliphatic carbocycles. The van der Waals surface area contributed by atoms with Gasteiger partial charge in [-0.25, -0.2) is 9.78 Å². The highest BCUT2D eigenvalue weighted by molar-refractivity contribution is 6.30. The third kappa shape index (κ3) is 3.75. The summed E-state index contributed by atoms with van der Waals surface area (Å²) < 4.78 is 0. The number of fused-ring (bicyclic) bond motifs is 1. The number of nitrogens with zero attached hydrogens (tertiary/aromatic N) is 2. The highest BCUT2D eigenvalue weighted by atomic mass is 35.5. The van der Waals surface area contributed by atoms with Gasteiger partial charge in [-0.3, -0.25) is 4.79 Å². The second-order valence-electron chi connectivity index (χ2n) is 6.56. The Morgan fingerprint density at radius 3 is 2.77 bits per heavy atom. The van der Waals surface area contributed by atoms with E-state index in [1.54, 1.807) is 24.1 Å². The predicted molar refractivity (Wildman–Crippen MR) is 102 cm³/mol. The minimum atomic E-state index is -0.185. The topological polar surface area (TPSA) is 78.1 Å². The molecule has 0 bridgehead atoms. The lowest BCUT2D eigenvalue weighted by Crippen LogP contribution is -2.45. The summed E-state index contributed by atoms with van der Waals surface area (Å²) in [6.07, 6.45) is 2.98. The largest absolute Gasteiger partial charge is 0.341 e. The maximum Gasteiger partial charge on any atom is 0.317 e. The average Bonchev–Trinajstić information content (AvgIpc) is 2.66. The smallest absolute Gasteiger partial charge is 0.317 e. The van der Waals surface area contributed by atoms with E-state index in [9.17, 15) is 9.59 Å². The van der Waals surface area contributed by atoms with Crippen LogP contribution >= 0.6 is 11.6 Å². The van der Waals surface area contributed by atoms with Gasteiger partial charge < -0.3 is 15.2 Å². The Morgan fingerprint density at radius 2 is 2.12 bits per heavy atom. The quantitative estimate of drug-likeness (QED) is 0.859. The van der Waals surface area contributed by atoms with Crippen molar-refractivity contribution in [2.75, 3.05) is 13.6 Å². The van der Waals surface area contributed by atoms with Gasteiger partial charge in [-0.15, -0.1) is 0 Å². The number of amides is 2. The van der Waals surface area contributed by atoms with E-state index in [2.05, 4.69) is 17.2 Å². The molecule has 1 aliphatic rings. The number of rotatable bonds is 4. The minimum absolute atomic E-state index is 0.0596. The first-order valence-electron chi connectivity index (χ1n) is 8.89. The van der Waals surface area contributed by atoms with Crippen molar-refractivity contribution in [3.8, 4) is 11.4 Å². The highest BCUT2D eigenvalue weighted by Crippen LogP contribution is 2.30. The number of benzene rings is 1. The number of carbonyl (C=O) groups excluding carboxylic acids is 1. The van der Waals surface area contributed by atoms with E-state index >= 15 is 0 Å². The Labute approximate surface area is 157 Å². The van der Waals surface area contributed by atoms with E-state index in [1.807, 2.05) is 12.1 Å². The Bertz CT molecular complexity index is 848. The van der Waals surface area contributed by atoms with Crippen molar-refractivity contribution >= 4 is 17.6 Å². The van der Waals surface area contributed by atoms with Crippen LogP contribution in [-0.4, -0.2) is 34.5 Å². The molecular weight excluding hydrogens is 352 g/mol. The van der Waals surface area contributed by atoms with Gasteiger partial charge in [0.1, 0.15) is 5.82 Å². The van der Waals surface area contributed by atoms with Crippen LogP contribution in [0.1, 0.15) is 43.4 Å². The van der Waals surface area contributed by atoms with E-state index in [1.165, 1.54) is 0 Å². The molecule has 2 aromatic rings. The van der Waals surface area contributed by atoms with Crippen LogP contribution in [0.25, 0.3) is 11.4 Å². The molecule has 3 rings (SSSR count). The third-order valence-electron chi connectivity index (χ3n) is 4.75. The summed E-state index contributed by atoms with van der Waals surface area (Å²) in [6.45, 7) is 2.98. The van der Waals surface area contributed by atoms with Gasteiger partial charge in [-0.1, -0.05) is 31.4 Å². The van der Waals surface area contributed by atoms with Gasteiger partial charge in [0.15, 0.2) is 0 Å². The molecule has 0 saturated heterocycles. The number of nitrogens with one attached hydrogen (secondary N) is 2. The lowest BCUT2D eigenvalue weighted by Gasteiger charge is -2.33. The Morgan fingerprint density at radius 1 is 1.38 bits per heavy atom. The van der Waals surface area contributed by atoms with Crippen LogP contribution in [0.3, 0.4) is 0 Å². The molecule has 0 radical (unpaired) electrons. The zero-order chi connectivity index (χ0) is 18.7. The second kappa shape index (κ2) is 7.91. The summed E-state index contributed by atoms with van der Waals surface area (Å²) in [6, 6.07) is 7.07. The number of hydrogen-bond acceptors (Lipinski definition) is 3. The van der Waals surface area contributed by atoms with Crippen molar-refractivity contribution in [1.82, 2.24) is 20.2 Å². The summed E-state index contributed by atoms with van der Waals surface area (Å²) in [5, 5.41) is 3.28. The third-order valence-corrected chi connectivity index (χ3v) is 5.00. The zero-order valence-corrected chi connectivity index (χ0v) is 15.8. The summed E-state index contributed by atoms with van der Waals surface area (Å²) in [5.41, 5.74) is 2.03. The number of carbonyl (C=O) groups is 1. The molecule has 1 unspecified atom stereocenters. The Kier molecular flexibility index (Phi) is 5.61. The lowest BCUT2D eigenvalue weighted by molar-refractivity contribution is 0.185. The molecule has 0 spiro atoms. The van der Waals surface area contributed by atoms with Crippen LogP contribution in [0.15, 0.2) is 29.1 Å². The van der Waals surface area contributed by atoms with E-state index in [4.69, 9.17) is 16.6 Å². The number of aromatic nitrogens is 2. The van der Waals surface area contributed by atoms with Crippen molar-refractivity contribution in [3.05, 3.63) is 50.9 Å². The van der Waals surface area contributed by atoms with Gasteiger partial charge in [0, 0.05) is 30.1 Å². The van der Waals surface area contributed by atoms with Crippen LogP contribution in [-0.2, 0) is 6.54 Å². The monoisotopic (exact) mass is 374 g/mol. The van der Waals surface area contributed by atoms with Gasteiger partial charge >= 0.3 is 6.03 Å². The number of hydrogen-bond donors (Lipinski definition) is 2. The van der Waals surface area contributed by atoms with Gasteiger partial charge in [-0.05, 0) is 30.7 Å². The van der Waals surface area contributed by atoms with Crippen LogP contribution in [0.4, 0.5) is 4.79 Å². The van der Waals surface area contributed by atoms with Crippen molar-refractivity contribution in [2.45, 2.75) is 38.6 Å². The summed E-state index contributed by atoms with van der Waals surface area (Å²) in [4.78, 5) is 34.1. The molecule has 0 saturated carbocycles. The Balaban J connectivity index is 2.03. The van der Waals surface area contributed by atoms with Crippen molar-refractivity contribution in [2.24, 2.45) is 0 Å². The number of unbranched alkanes of at least 4 members (excludes halogenated alkanes) is 1. The molecule has 1 aromatic carbocycles. The molecule has 0 fully saturated rings. The van der Waals surface area contributed by atoms with Crippen LogP contribution in [0, 0.1) is 0 Å². The zero-order valence-electron chi connectivity index (χ0n) is 15.0. The van der Waals surface area contributed by atoms with Gasteiger partial charge in [-0.2, -0.15) is 0 Å². The van der Waals surface area contributed by atoms with Gasteiger partial charge in [0.25, 0.3) is 5.56 Å². The molecule has 6 nitrogen and oxygen atoms in total. The maximum absolute atomic E-state index is 12.7. The standard InChI is InChI=1S/C19H23ClN4O2/c1-3-4-5-13-10-24(19(26)21-2)11-15-16(13)22-17(23-18(15)25)12-6-8-14(20)9-7-12/h6-9,13H,3-5,10-11H2,1-2H3,(H,21,26)(H,22,23,25). The summed E-state index contributed by atoms with van der Waals surface area (Å²) >= 11 is 5.95. The Hall–Kier alpha value is -2.34. The first-order valence-corrected chi connectivity index (χ1v) is 9.27. The second-order valence-corrected chi connectivity index (χ2v) is 7.00. The van der Waals surface area contributed by atoms with Crippen molar-refractivity contribution in [1.29, 1.82) is 0 Å². The highest BCUT2D eigenvalue weighted by Gasteiger charge is 2.31. The first kappa shape index (κ1) is 18.5. The normalized spacial score (nSPS) is 16.3. The minimum Gasteiger partial charge on any atom is -0.341 e. The summed E-state index contributed by atoms with van der Waals surface area (Å²) in [5.74, 6) is 0.602. The molecule has 2 amide bonds. The number of urea groups is 1. The summed E-state index contributed by atoms with van der Waals surface area (Å²) in [7, 11) is 1.60. The fourth-order valence-corrected chi connectivity index (χ4v) is 3.48. The molecule has 1 aromatic heterocycles. The molecule has 2 N–H and O–H groups in total. The molecule has 138 valence electrons. The fourth-order valence-electron chi connectivity index (χ4n) is 3.35. The number of H-pyrrole nitrogens is 1. The molecular formula is C19H23ClN4O2. The van der Waals surface area contributed by atoms with Crippen LogP contribution in [0.5, 0.6) is 0 Å². The van der Waals surface area contributed by atoms with E-state index in [0.717, 1.165) is 30.5 Å². The molecule has 26 heavy (non-hydrogen) atoms. The van der Waals surface area contributed by atoms with Crippen LogP contribution in [0.2, 0.25) is 5.02 Å². The van der Waals surface area contributed by atoms with Gasteiger partial charge in [0.05, 0.1) is 17.8 Å². The van der Waals surface area contributed by atoms with Crippen molar-refractivity contribution < 1.29 is 4.79 Å². The maximum atomic E-state index is 12.7. The molecule has 1 aliphatic heterocycles. The molecule has 2 heterocycles. The average molecular weight is 375 g/mol. The predicted octanol–water partition coefficient (Wildman–Crippen LogP) is 3.52. The molecule has 1 atom stereocenters. The van der Waals surface area contributed by atoms with E-state index in [-0.39, 0.29) is 24.1 Å². The number of halogens is 1. The fraction of sp³-hybridized carbons (Fsp3) is 0.421. The molecule has 7 heteroatoms. The first-order chi connectivity index (χ1) is 12.5. The number of aromatic amines is 1. The lowest BCUT2D eigenvalue weighted by atomic mass is 9.91. The van der Waals surface area contributed by atoms with E-state index in [0.29, 0.717) is 23.0 Å².